The van der Waals surface area contributed by atoms with Crippen molar-refractivity contribution in [2.24, 2.45) is 5.16 Å². The van der Waals surface area contributed by atoms with E-state index in [9.17, 15) is 4.79 Å². The molecule has 1 heterocycles. The molecular formula is C12H13NO4. The van der Waals surface area contributed by atoms with E-state index in [1.807, 2.05) is 0 Å². The first-order valence-electron chi connectivity index (χ1n) is 5.33. The van der Waals surface area contributed by atoms with Crippen LogP contribution in [0.4, 0.5) is 0 Å². The van der Waals surface area contributed by atoms with E-state index in [1.165, 1.54) is 0 Å². The number of hydrogen-bond acceptors (Lipinski definition) is 5. The summed E-state index contributed by atoms with van der Waals surface area (Å²) in [5.41, 5.74) is 1.61. The molecule has 0 saturated carbocycles. The molecule has 17 heavy (non-hydrogen) atoms. The number of Topliss-reactive ketones (excluding diaryl/α,β-unsaturated/α-hetero) is 1. The average molecular weight is 235 g/mol. The normalized spacial score (nSPS) is 18.6. The molecule has 1 aromatic carbocycles. The lowest BCUT2D eigenvalue weighted by Gasteiger charge is -2.05. The number of carbonyl (C=O) groups is 1. The second kappa shape index (κ2) is 4.97. The number of oxime groups is 1. The smallest absolute Gasteiger partial charge is 0.161 e. The number of rotatable bonds is 4. The molecule has 5 nitrogen and oxygen atoms in total. The van der Waals surface area contributed by atoms with Gasteiger partial charge in [-0.2, -0.15) is 0 Å². The van der Waals surface area contributed by atoms with Crippen molar-refractivity contribution in [2.45, 2.75) is 18.9 Å². The van der Waals surface area contributed by atoms with Crippen LogP contribution in [-0.4, -0.2) is 34.4 Å². The lowest BCUT2D eigenvalue weighted by molar-refractivity contribution is -0.124. The van der Waals surface area contributed by atoms with Crippen molar-refractivity contribution in [3.63, 3.8) is 0 Å². The van der Waals surface area contributed by atoms with Crippen molar-refractivity contribution in [1.82, 2.24) is 0 Å². The summed E-state index contributed by atoms with van der Waals surface area (Å²) in [6.07, 6.45) is 0.413. The van der Waals surface area contributed by atoms with Crippen LogP contribution in [0.1, 0.15) is 18.4 Å². The number of aliphatic hydroxyl groups excluding tert-OH is 1. The van der Waals surface area contributed by atoms with Gasteiger partial charge in [0.2, 0.25) is 0 Å². The Morgan fingerprint density at radius 2 is 2.12 bits per heavy atom. The first-order valence-corrected chi connectivity index (χ1v) is 5.33. The van der Waals surface area contributed by atoms with Gasteiger partial charge in [0.1, 0.15) is 18.5 Å². The fraction of sp³-hybridized carbons (Fsp3) is 0.333. The number of aliphatic hydroxyl groups is 1. The van der Waals surface area contributed by atoms with E-state index >= 15 is 0 Å². The van der Waals surface area contributed by atoms with Crippen molar-refractivity contribution < 1.29 is 19.8 Å². The van der Waals surface area contributed by atoms with Gasteiger partial charge in [0.25, 0.3) is 0 Å². The Bertz CT molecular complexity index is 438. The molecule has 1 aliphatic heterocycles. The second-order valence-corrected chi connectivity index (χ2v) is 3.92. The highest BCUT2D eigenvalue weighted by molar-refractivity contribution is 6.01. The lowest BCUT2D eigenvalue weighted by atomic mass is 10.0. The zero-order chi connectivity index (χ0) is 12.3. The monoisotopic (exact) mass is 235 g/mol. The van der Waals surface area contributed by atoms with Gasteiger partial charge in [-0.1, -0.05) is 5.16 Å². The van der Waals surface area contributed by atoms with Gasteiger partial charge in [-0.15, -0.1) is 0 Å². The Balaban J connectivity index is 1.97. The van der Waals surface area contributed by atoms with Gasteiger partial charge in [0.15, 0.2) is 5.78 Å². The Kier molecular flexibility index (Phi) is 3.39. The fourth-order valence-electron chi connectivity index (χ4n) is 1.68. The van der Waals surface area contributed by atoms with E-state index in [0.717, 1.165) is 11.3 Å². The molecular weight excluding hydrogens is 222 g/mol. The van der Waals surface area contributed by atoms with Gasteiger partial charge in [-0.05, 0) is 29.8 Å². The molecule has 0 bridgehead atoms. The number of hydrogen-bond donors (Lipinski definition) is 2. The summed E-state index contributed by atoms with van der Waals surface area (Å²) >= 11 is 0. The first-order chi connectivity index (χ1) is 8.19. The fourth-order valence-corrected chi connectivity index (χ4v) is 1.68. The Hall–Kier alpha value is -1.88. The number of ketones is 1. The minimum absolute atomic E-state index is 0.168. The summed E-state index contributed by atoms with van der Waals surface area (Å²) in [5, 5.41) is 21.7. The lowest BCUT2D eigenvalue weighted by Crippen LogP contribution is -2.16. The van der Waals surface area contributed by atoms with Crippen LogP contribution in [0, 0.1) is 0 Å². The maximum absolute atomic E-state index is 11.0. The SMILES string of the molecule is O=C(CO)CC1CC(c2ccc(O)cc2)=NO1. The number of phenolic OH excluding ortho intramolecular Hbond substituents is 1. The molecule has 0 saturated heterocycles. The Labute approximate surface area is 98.3 Å². The minimum Gasteiger partial charge on any atom is -0.508 e. The van der Waals surface area contributed by atoms with Crippen LogP contribution in [0.15, 0.2) is 29.4 Å². The second-order valence-electron chi connectivity index (χ2n) is 3.92. The summed E-state index contributed by atoms with van der Waals surface area (Å²) in [4.78, 5) is 16.2. The molecule has 1 aromatic rings. The van der Waals surface area contributed by atoms with Crippen LogP contribution in [0.25, 0.3) is 0 Å². The summed E-state index contributed by atoms with van der Waals surface area (Å²) in [6.45, 7) is -0.464. The highest BCUT2D eigenvalue weighted by Gasteiger charge is 2.24. The van der Waals surface area contributed by atoms with E-state index in [2.05, 4.69) is 5.16 Å². The Morgan fingerprint density at radius 3 is 2.76 bits per heavy atom. The number of nitrogens with zero attached hydrogens (tertiary/aromatic N) is 1. The zero-order valence-corrected chi connectivity index (χ0v) is 9.17. The molecule has 0 spiro atoms. The molecule has 1 unspecified atom stereocenters. The highest BCUT2D eigenvalue weighted by atomic mass is 16.6. The largest absolute Gasteiger partial charge is 0.508 e. The molecule has 90 valence electrons. The molecule has 2 rings (SSSR count). The third-order valence-corrected chi connectivity index (χ3v) is 2.57. The van der Waals surface area contributed by atoms with E-state index in [-0.39, 0.29) is 24.1 Å². The van der Waals surface area contributed by atoms with Crippen molar-refractivity contribution in [1.29, 1.82) is 0 Å². The molecule has 0 aliphatic carbocycles. The van der Waals surface area contributed by atoms with Crippen molar-refractivity contribution >= 4 is 11.5 Å². The minimum atomic E-state index is -0.464. The van der Waals surface area contributed by atoms with E-state index in [1.54, 1.807) is 24.3 Å². The summed E-state index contributed by atoms with van der Waals surface area (Å²) in [6, 6.07) is 6.63. The number of aromatic hydroxyl groups is 1. The maximum atomic E-state index is 11.0. The average Bonchev–Trinajstić information content (AvgIpc) is 2.78. The topological polar surface area (TPSA) is 79.1 Å². The molecule has 5 heteroatoms. The van der Waals surface area contributed by atoms with Gasteiger partial charge in [-0.25, -0.2) is 0 Å². The molecule has 0 aromatic heterocycles. The maximum Gasteiger partial charge on any atom is 0.161 e. The summed E-state index contributed by atoms with van der Waals surface area (Å²) < 4.78 is 0. The highest BCUT2D eigenvalue weighted by Crippen LogP contribution is 2.20. The van der Waals surface area contributed by atoms with Crippen LogP contribution < -0.4 is 0 Å². The predicted octanol–water partition coefficient (Wildman–Crippen LogP) is 0.837. The quantitative estimate of drug-likeness (QED) is 0.810. The van der Waals surface area contributed by atoms with E-state index in [0.29, 0.717) is 6.42 Å². The van der Waals surface area contributed by atoms with Crippen LogP contribution in [-0.2, 0) is 9.63 Å². The molecule has 2 N–H and O–H groups in total. The van der Waals surface area contributed by atoms with Crippen molar-refractivity contribution in [3.05, 3.63) is 29.8 Å². The standard InChI is InChI=1S/C12H13NO4/c14-7-10(16)5-11-6-12(13-17-11)8-1-3-9(15)4-2-8/h1-4,11,14-15H,5-7H2. The molecule has 0 amide bonds. The molecule has 0 fully saturated rings. The van der Waals surface area contributed by atoms with Crippen LogP contribution >= 0.6 is 0 Å². The Morgan fingerprint density at radius 1 is 1.41 bits per heavy atom. The number of benzene rings is 1. The van der Waals surface area contributed by atoms with Crippen LogP contribution in [0.2, 0.25) is 0 Å². The van der Waals surface area contributed by atoms with Crippen LogP contribution in [0.5, 0.6) is 5.75 Å². The van der Waals surface area contributed by atoms with Gasteiger partial charge in [0.05, 0.1) is 5.71 Å². The molecule has 0 radical (unpaired) electrons. The number of phenols is 1. The number of carbonyl (C=O) groups excluding carboxylic acids is 1. The van der Waals surface area contributed by atoms with Crippen molar-refractivity contribution in [3.8, 4) is 5.75 Å². The third kappa shape index (κ3) is 2.82. The zero-order valence-electron chi connectivity index (χ0n) is 9.17. The van der Waals surface area contributed by atoms with Gasteiger partial charge in [-0.3, -0.25) is 4.79 Å². The van der Waals surface area contributed by atoms with Gasteiger partial charge >= 0.3 is 0 Å². The van der Waals surface area contributed by atoms with E-state index < -0.39 is 6.61 Å². The molecule has 1 aliphatic rings. The van der Waals surface area contributed by atoms with Crippen molar-refractivity contribution in [2.75, 3.05) is 6.61 Å². The predicted molar refractivity (Wildman–Crippen MR) is 60.8 cm³/mol. The molecule has 1 atom stereocenters. The summed E-state index contributed by atoms with van der Waals surface area (Å²) in [7, 11) is 0. The first kappa shape index (κ1) is 11.6. The van der Waals surface area contributed by atoms with Gasteiger partial charge in [0, 0.05) is 12.8 Å². The summed E-state index contributed by atoms with van der Waals surface area (Å²) in [5.74, 6) is -0.0579. The van der Waals surface area contributed by atoms with E-state index in [4.69, 9.17) is 15.1 Å². The third-order valence-electron chi connectivity index (χ3n) is 2.57. The van der Waals surface area contributed by atoms with Gasteiger partial charge < -0.3 is 15.1 Å². The van der Waals surface area contributed by atoms with Crippen LogP contribution in [0.3, 0.4) is 0 Å².